The average Bonchev–Trinajstić information content (AvgIpc) is 2.16. The van der Waals surface area contributed by atoms with E-state index in [0.29, 0.717) is 6.42 Å². The summed E-state index contributed by atoms with van der Waals surface area (Å²) in [5, 5.41) is 11.4. The van der Waals surface area contributed by atoms with Gasteiger partial charge in [-0.05, 0) is 13.8 Å². The minimum absolute atomic E-state index is 0.189. The Bertz CT molecular complexity index is 311. The zero-order valence-electron chi connectivity index (χ0n) is 7.68. The molecule has 0 aliphatic carbocycles. The van der Waals surface area contributed by atoms with E-state index in [2.05, 4.69) is 5.10 Å². The Hall–Kier alpha value is -1.32. The van der Waals surface area contributed by atoms with Crippen LogP contribution in [0.2, 0.25) is 0 Å². The molecule has 0 atom stereocenters. The smallest absolute Gasteiger partial charge is 0.0951 e. The van der Waals surface area contributed by atoms with E-state index in [1.54, 1.807) is 0 Å². The summed E-state index contributed by atoms with van der Waals surface area (Å²) in [7, 11) is 1.89. The molecule has 0 amide bonds. The molecular weight excluding hydrogens is 152 g/mol. The van der Waals surface area contributed by atoms with Crippen LogP contribution in [-0.2, 0) is 13.5 Å². The largest absolute Gasteiger partial charge is 0.387 e. The van der Waals surface area contributed by atoms with Gasteiger partial charge in [0, 0.05) is 24.7 Å². The lowest BCUT2D eigenvalue weighted by Gasteiger charge is -1.98. The topological polar surface area (TPSA) is 67.7 Å². The standard InChI is InChI=1S/C8H14N4/c1-5-7(4-8(9)10)6(2)12(3)11-5/h4H2,1-3H3,(H3,9,10). The van der Waals surface area contributed by atoms with Crippen LogP contribution < -0.4 is 5.73 Å². The second-order valence-electron chi connectivity index (χ2n) is 2.97. The van der Waals surface area contributed by atoms with E-state index in [-0.39, 0.29) is 5.84 Å². The molecule has 0 aromatic carbocycles. The van der Waals surface area contributed by atoms with Gasteiger partial charge in [0.2, 0.25) is 0 Å². The summed E-state index contributed by atoms with van der Waals surface area (Å²) in [4.78, 5) is 0. The Morgan fingerprint density at radius 2 is 2.17 bits per heavy atom. The third-order valence-electron chi connectivity index (χ3n) is 2.03. The summed E-state index contributed by atoms with van der Waals surface area (Å²) in [5.41, 5.74) is 8.44. The number of nitrogens with one attached hydrogen (secondary N) is 1. The average molecular weight is 166 g/mol. The lowest BCUT2D eigenvalue weighted by molar-refractivity contribution is 0.730. The molecule has 4 nitrogen and oxygen atoms in total. The van der Waals surface area contributed by atoms with Gasteiger partial charge in [-0.25, -0.2) is 0 Å². The molecule has 4 heteroatoms. The fourth-order valence-electron chi connectivity index (χ4n) is 1.26. The van der Waals surface area contributed by atoms with Crippen LogP contribution in [0.15, 0.2) is 0 Å². The highest BCUT2D eigenvalue weighted by atomic mass is 15.3. The maximum atomic E-state index is 7.18. The van der Waals surface area contributed by atoms with Crippen LogP contribution in [0, 0.1) is 19.3 Å². The molecule has 12 heavy (non-hydrogen) atoms. The van der Waals surface area contributed by atoms with E-state index in [0.717, 1.165) is 17.0 Å². The first-order valence-corrected chi connectivity index (χ1v) is 3.84. The molecule has 3 N–H and O–H groups in total. The summed E-state index contributed by atoms with van der Waals surface area (Å²) < 4.78 is 1.81. The highest BCUT2D eigenvalue weighted by Crippen LogP contribution is 2.11. The molecule has 1 rings (SSSR count). The summed E-state index contributed by atoms with van der Waals surface area (Å²) in [6, 6.07) is 0. The maximum absolute atomic E-state index is 7.18. The van der Waals surface area contributed by atoms with Gasteiger partial charge in [-0.3, -0.25) is 10.1 Å². The molecule has 1 heterocycles. The molecule has 0 spiro atoms. The Morgan fingerprint density at radius 1 is 1.58 bits per heavy atom. The SMILES string of the molecule is Cc1nn(C)c(C)c1CC(=N)N. The third kappa shape index (κ3) is 1.47. The summed E-state index contributed by atoms with van der Waals surface area (Å²) >= 11 is 0. The summed E-state index contributed by atoms with van der Waals surface area (Å²) in [6.07, 6.45) is 0.505. The first-order valence-electron chi connectivity index (χ1n) is 3.84. The molecule has 0 aliphatic heterocycles. The van der Waals surface area contributed by atoms with E-state index in [1.807, 2.05) is 25.6 Å². The predicted octanol–water partition coefficient (Wildman–Crippen LogP) is 0.515. The fourth-order valence-corrected chi connectivity index (χ4v) is 1.26. The van der Waals surface area contributed by atoms with E-state index in [4.69, 9.17) is 11.1 Å². The van der Waals surface area contributed by atoms with Crippen molar-refractivity contribution < 1.29 is 0 Å². The van der Waals surface area contributed by atoms with Crippen LogP contribution in [0.5, 0.6) is 0 Å². The van der Waals surface area contributed by atoms with E-state index in [9.17, 15) is 0 Å². The minimum Gasteiger partial charge on any atom is -0.387 e. The van der Waals surface area contributed by atoms with Gasteiger partial charge in [0.05, 0.1) is 11.5 Å². The Labute approximate surface area is 71.9 Å². The van der Waals surface area contributed by atoms with Crippen molar-refractivity contribution in [1.82, 2.24) is 9.78 Å². The number of nitrogens with zero attached hydrogens (tertiary/aromatic N) is 2. The number of hydrogen-bond acceptors (Lipinski definition) is 2. The van der Waals surface area contributed by atoms with Crippen molar-refractivity contribution in [2.75, 3.05) is 0 Å². The molecule has 0 bridgehead atoms. The molecule has 0 fully saturated rings. The highest BCUT2D eigenvalue weighted by molar-refractivity contribution is 5.79. The van der Waals surface area contributed by atoms with Crippen LogP contribution in [0.25, 0.3) is 0 Å². The molecule has 0 radical (unpaired) electrons. The van der Waals surface area contributed by atoms with Crippen LogP contribution >= 0.6 is 0 Å². The third-order valence-corrected chi connectivity index (χ3v) is 2.03. The van der Waals surface area contributed by atoms with Gasteiger partial charge in [-0.15, -0.1) is 0 Å². The number of hydrogen-bond donors (Lipinski definition) is 2. The summed E-state index contributed by atoms with van der Waals surface area (Å²) in [5.74, 6) is 0.189. The zero-order chi connectivity index (χ0) is 9.30. The second kappa shape index (κ2) is 2.97. The lowest BCUT2D eigenvalue weighted by atomic mass is 10.1. The van der Waals surface area contributed by atoms with Crippen LogP contribution in [0.3, 0.4) is 0 Å². The van der Waals surface area contributed by atoms with E-state index < -0.39 is 0 Å². The van der Waals surface area contributed by atoms with Gasteiger partial charge in [0.25, 0.3) is 0 Å². The van der Waals surface area contributed by atoms with Crippen molar-refractivity contribution >= 4 is 5.84 Å². The monoisotopic (exact) mass is 166 g/mol. The minimum atomic E-state index is 0.189. The molecule has 0 aliphatic rings. The van der Waals surface area contributed by atoms with Gasteiger partial charge >= 0.3 is 0 Å². The first-order chi connectivity index (χ1) is 5.52. The Balaban J connectivity index is 3.05. The normalized spacial score (nSPS) is 10.2. The zero-order valence-corrected chi connectivity index (χ0v) is 7.68. The Morgan fingerprint density at radius 3 is 2.50 bits per heavy atom. The van der Waals surface area contributed by atoms with Gasteiger partial charge in [0.15, 0.2) is 0 Å². The van der Waals surface area contributed by atoms with Crippen molar-refractivity contribution in [3.8, 4) is 0 Å². The number of rotatable bonds is 2. The van der Waals surface area contributed by atoms with Crippen LogP contribution in [-0.4, -0.2) is 15.6 Å². The first kappa shape index (κ1) is 8.77. The molecule has 0 saturated carbocycles. The summed E-state index contributed by atoms with van der Waals surface area (Å²) in [6.45, 7) is 3.92. The molecule has 1 aromatic rings. The van der Waals surface area contributed by atoms with Gasteiger partial charge < -0.3 is 5.73 Å². The quantitative estimate of drug-likeness (QED) is 0.496. The number of nitrogens with two attached hydrogens (primary N) is 1. The van der Waals surface area contributed by atoms with Crippen molar-refractivity contribution in [1.29, 1.82) is 5.41 Å². The van der Waals surface area contributed by atoms with Gasteiger partial charge in [-0.1, -0.05) is 0 Å². The number of amidine groups is 1. The van der Waals surface area contributed by atoms with E-state index >= 15 is 0 Å². The fraction of sp³-hybridized carbons (Fsp3) is 0.500. The van der Waals surface area contributed by atoms with Crippen molar-refractivity contribution in [2.45, 2.75) is 20.3 Å². The van der Waals surface area contributed by atoms with Crippen LogP contribution in [0.4, 0.5) is 0 Å². The molecule has 0 saturated heterocycles. The van der Waals surface area contributed by atoms with Gasteiger partial charge in [0.1, 0.15) is 0 Å². The molecule has 66 valence electrons. The van der Waals surface area contributed by atoms with E-state index in [1.165, 1.54) is 0 Å². The maximum Gasteiger partial charge on any atom is 0.0951 e. The number of aryl methyl sites for hydroxylation is 2. The predicted molar refractivity (Wildman–Crippen MR) is 48.3 cm³/mol. The number of aromatic nitrogens is 2. The lowest BCUT2D eigenvalue weighted by Crippen LogP contribution is -2.13. The highest BCUT2D eigenvalue weighted by Gasteiger charge is 2.09. The Kier molecular flexibility index (Phi) is 2.17. The van der Waals surface area contributed by atoms with Crippen molar-refractivity contribution in [2.24, 2.45) is 12.8 Å². The van der Waals surface area contributed by atoms with Gasteiger partial charge in [-0.2, -0.15) is 5.10 Å². The van der Waals surface area contributed by atoms with Crippen molar-refractivity contribution in [3.05, 3.63) is 17.0 Å². The van der Waals surface area contributed by atoms with Crippen molar-refractivity contribution in [3.63, 3.8) is 0 Å². The second-order valence-corrected chi connectivity index (χ2v) is 2.97. The molecule has 1 aromatic heterocycles. The molecule has 0 unspecified atom stereocenters. The van der Waals surface area contributed by atoms with Crippen LogP contribution in [0.1, 0.15) is 17.0 Å². The molecular formula is C8H14N4.